The van der Waals surface area contributed by atoms with Gasteiger partial charge in [-0.05, 0) is 36.4 Å². The fraction of sp³-hybridized carbons (Fsp3) is 0.0435. The molecule has 0 aliphatic rings. The highest BCUT2D eigenvalue weighted by atomic mass is 32.2. The van der Waals surface area contributed by atoms with Gasteiger partial charge >= 0.3 is 0 Å². The fourth-order valence-electron chi connectivity index (χ4n) is 2.79. The van der Waals surface area contributed by atoms with Gasteiger partial charge in [0, 0.05) is 11.3 Å². The van der Waals surface area contributed by atoms with Gasteiger partial charge in [0.15, 0.2) is 0 Å². The van der Waals surface area contributed by atoms with Gasteiger partial charge in [-0.25, -0.2) is 0 Å². The van der Waals surface area contributed by atoms with Crippen molar-refractivity contribution in [2.45, 2.75) is 5.22 Å². The highest BCUT2D eigenvalue weighted by Crippen LogP contribution is 2.29. The summed E-state index contributed by atoms with van der Waals surface area (Å²) in [4.78, 5) is 24.6. The molecule has 0 saturated heterocycles. The number of benzene rings is 3. The molecule has 7 nitrogen and oxygen atoms in total. The van der Waals surface area contributed by atoms with Gasteiger partial charge < -0.3 is 15.1 Å². The van der Waals surface area contributed by atoms with Gasteiger partial charge in [0.25, 0.3) is 17.0 Å². The number of para-hydroxylation sites is 2. The van der Waals surface area contributed by atoms with Crippen molar-refractivity contribution in [3.63, 3.8) is 0 Å². The lowest BCUT2D eigenvalue weighted by molar-refractivity contribution is -0.113. The van der Waals surface area contributed by atoms with E-state index >= 15 is 0 Å². The largest absolute Gasteiger partial charge is 0.411 e. The first-order chi connectivity index (χ1) is 15.2. The third kappa shape index (κ3) is 5.37. The van der Waals surface area contributed by atoms with Crippen LogP contribution in [-0.4, -0.2) is 27.8 Å². The van der Waals surface area contributed by atoms with E-state index in [1.807, 2.05) is 48.5 Å². The first-order valence-corrected chi connectivity index (χ1v) is 10.4. The van der Waals surface area contributed by atoms with Crippen molar-refractivity contribution >= 4 is 35.0 Å². The molecular weight excluding hydrogens is 412 g/mol. The average molecular weight is 430 g/mol. The lowest BCUT2D eigenvalue weighted by Crippen LogP contribution is -2.13. The monoisotopic (exact) mass is 430 g/mol. The normalized spacial score (nSPS) is 10.5. The van der Waals surface area contributed by atoms with E-state index in [2.05, 4.69) is 20.8 Å². The highest BCUT2D eigenvalue weighted by Gasteiger charge is 2.16. The molecule has 0 atom stereocenters. The van der Waals surface area contributed by atoms with Crippen molar-refractivity contribution in [3.05, 3.63) is 90.5 Å². The maximum absolute atomic E-state index is 12.5. The molecule has 0 saturated carbocycles. The molecule has 3 aromatic carbocycles. The van der Waals surface area contributed by atoms with Crippen molar-refractivity contribution < 1.29 is 14.0 Å². The molecule has 2 N–H and O–H groups in total. The van der Waals surface area contributed by atoms with E-state index in [1.165, 1.54) is 0 Å². The maximum Gasteiger partial charge on any atom is 0.277 e. The molecule has 0 bridgehead atoms. The second kappa shape index (κ2) is 9.73. The molecule has 1 aromatic heterocycles. The topological polar surface area (TPSA) is 97.1 Å². The van der Waals surface area contributed by atoms with E-state index in [1.54, 1.807) is 36.4 Å². The standard InChI is InChI=1S/C23H18N4O3S/c28-20(24-17-11-5-2-6-12-17)15-31-23-27-26-22(30-23)18-13-7-8-14-19(18)25-21(29)16-9-3-1-4-10-16/h1-14H,15H2,(H,24,28)(H,25,29). The first kappa shape index (κ1) is 20.4. The number of carbonyl (C=O) groups excluding carboxylic acids is 2. The number of thioether (sulfide) groups is 1. The van der Waals surface area contributed by atoms with Crippen LogP contribution in [0.25, 0.3) is 11.5 Å². The van der Waals surface area contributed by atoms with E-state index in [9.17, 15) is 9.59 Å². The van der Waals surface area contributed by atoms with Crippen LogP contribution in [0.4, 0.5) is 11.4 Å². The van der Waals surface area contributed by atoms with E-state index in [0.29, 0.717) is 16.8 Å². The molecule has 4 rings (SSSR count). The molecule has 2 amide bonds. The van der Waals surface area contributed by atoms with Crippen LogP contribution in [0, 0.1) is 0 Å². The quantitative estimate of drug-likeness (QED) is 0.412. The lowest BCUT2D eigenvalue weighted by atomic mass is 10.1. The van der Waals surface area contributed by atoms with E-state index in [-0.39, 0.29) is 28.7 Å². The Bertz CT molecular complexity index is 1180. The van der Waals surface area contributed by atoms with Gasteiger partial charge in [-0.1, -0.05) is 60.3 Å². The molecule has 0 spiro atoms. The highest BCUT2D eigenvalue weighted by molar-refractivity contribution is 7.99. The van der Waals surface area contributed by atoms with Crippen LogP contribution in [0.5, 0.6) is 0 Å². The summed E-state index contributed by atoms with van der Waals surface area (Å²) in [6.07, 6.45) is 0. The molecule has 0 aliphatic carbocycles. The Hall–Kier alpha value is -3.91. The van der Waals surface area contributed by atoms with Crippen molar-refractivity contribution in [2.24, 2.45) is 0 Å². The van der Waals surface area contributed by atoms with Crippen LogP contribution in [-0.2, 0) is 4.79 Å². The van der Waals surface area contributed by atoms with Gasteiger partial charge in [0.2, 0.25) is 5.91 Å². The van der Waals surface area contributed by atoms with Crippen molar-refractivity contribution in [3.8, 4) is 11.5 Å². The zero-order valence-electron chi connectivity index (χ0n) is 16.3. The molecule has 0 radical (unpaired) electrons. The zero-order valence-corrected chi connectivity index (χ0v) is 17.1. The van der Waals surface area contributed by atoms with Crippen LogP contribution in [0.1, 0.15) is 10.4 Å². The van der Waals surface area contributed by atoms with Gasteiger partial charge in [-0.15, -0.1) is 10.2 Å². The van der Waals surface area contributed by atoms with Crippen LogP contribution < -0.4 is 10.6 Å². The lowest BCUT2D eigenvalue weighted by Gasteiger charge is -2.08. The predicted octanol–water partition coefficient (Wildman–Crippen LogP) is 4.72. The molecule has 0 unspecified atom stereocenters. The Balaban J connectivity index is 1.42. The fourth-order valence-corrected chi connectivity index (χ4v) is 3.35. The summed E-state index contributed by atoms with van der Waals surface area (Å²) in [7, 11) is 0. The minimum Gasteiger partial charge on any atom is -0.411 e. The number of hydrogen-bond donors (Lipinski definition) is 2. The number of anilines is 2. The number of aromatic nitrogens is 2. The van der Waals surface area contributed by atoms with E-state index in [0.717, 1.165) is 17.4 Å². The minimum atomic E-state index is -0.236. The number of nitrogens with one attached hydrogen (secondary N) is 2. The van der Waals surface area contributed by atoms with Crippen molar-refractivity contribution in [2.75, 3.05) is 16.4 Å². The summed E-state index contributed by atoms with van der Waals surface area (Å²) in [5, 5.41) is 14.0. The zero-order chi connectivity index (χ0) is 21.5. The Kier molecular flexibility index (Phi) is 6.39. The van der Waals surface area contributed by atoms with Gasteiger partial charge in [-0.2, -0.15) is 0 Å². The summed E-state index contributed by atoms with van der Waals surface area (Å²) in [6, 6.07) is 25.3. The van der Waals surface area contributed by atoms with Crippen LogP contribution in [0.3, 0.4) is 0 Å². The number of amides is 2. The van der Waals surface area contributed by atoms with E-state index < -0.39 is 0 Å². The van der Waals surface area contributed by atoms with Crippen molar-refractivity contribution in [1.29, 1.82) is 0 Å². The third-order valence-corrected chi connectivity index (χ3v) is 5.05. The maximum atomic E-state index is 12.5. The number of rotatable bonds is 7. The van der Waals surface area contributed by atoms with Crippen molar-refractivity contribution in [1.82, 2.24) is 10.2 Å². The van der Waals surface area contributed by atoms with Gasteiger partial charge in [0.1, 0.15) is 0 Å². The number of hydrogen-bond acceptors (Lipinski definition) is 6. The molecule has 4 aromatic rings. The predicted molar refractivity (Wildman–Crippen MR) is 120 cm³/mol. The summed E-state index contributed by atoms with van der Waals surface area (Å²) < 4.78 is 5.71. The Morgan fingerprint density at radius 2 is 1.48 bits per heavy atom. The summed E-state index contributed by atoms with van der Waals surface area (Å²) >= 11 is 1.14. The van der Waals surface area contributed by atoms with Crippen LogP contribution in [0.15, 0.2) is 94.6 Å². The summed E-state index contributed by atoms with van der Waals surface area (Å²) in [5.41, 5.74) is 2.42. The molecule has 8 heteroatoms. The first-order valence-electron chi connectivity index (χ1n) is 9.46. The molecular formula is C23H18N4O3S. The van der Waals surface area contributed by atoms with Gasteiger partial charge in [-0.3, -0.25) is 9.59 Å². The van der Waals surface area contributed by atoms with E-state index in [4.69, 9.17) is 4.42 Å². The molecule has 1 heterocycles. The molecule has 31 heavy (non-hydrogen) atoms. The molecule has 0 aliphatic heterocycles. The number of nitrogens with zero attached hydrogens (tertiary/aromatic N) is 2. The summed E-state index contributed by atoms with van der Waals surface area (Å²) in [5.74, 6) is -0.0238. The average Bonchev–Trinajstić information content (AvgIpc) is 3.28. The Labute approximate surface area is 182 Å². The van der Waals surface area contributed by atoms with Crippen LogP contribution >= 0.6 is 11.8 Å². The summed E-state index contributed by atoms with van der Waals surface area (Å²) in [6.45, 7) is 0. The SMILES string of the molecule is O=C(CSc1nnc(-c2ccccc2NC(=O)c2ccccc2)o1)Nc1ccccc1. The Morgan fingerprint density at radius 1 is 0.806 bits per heavy atom. The second-order valence-corrected chi connectivity index (χ2v) is 7.37. The van der Waals surface area contributed by atoms with Crippen LogP contribution in [0.2, 0.25) is 0 Å². The molecule has 0 fully saturated rings. The smallest absolute Gasteiger partial charge is 0.277 e. The van der Waals surface area contributed by atoms with Gasteiger partial charge in [0.05, 0.1) is 17.0 Å². The Morgan fingerprint density at radius 3 is 2.26 bits per heavy atom. The molecule has 154 valence electrons. The minimum absolute atomic E-state index is 0.128. The third-order valence-electron chi connectivity index (χ3n) is 4.23. The second-order valence-electron chi connectivity index (χ2n) is 6.44. The number of carbonyl (C=O) groups is 2.